The minimum atomic E-state index is 0.542. The second-order valence-corrected chi connectivity index (χ2v) is 4.21. The van der Waals surface area contributed by atoms with Crippen molar-refractivity contribution < 1.29 is 5.21 Å². The quantitative estimate of drug-likeness (QED) is 0.398. The van der Waals surface area contributed by atoms with E-state index in [1.165, 1.54) is 0 Å². The number of benzene rings is 1. The Morgan fingerprint density at radius 3 is 2.69 bits per heavy atom. The number of oxime groups is 1. The standard InChI is InChI=1S/C11H10BrN3O/c12-10-3-1-9(2-4-10)7-11(14-16)15-6-5-13-8-15/h1-6,8,16H,7H2. The fraction of sp³-hybridized carbons (Fsp3) is 0.0909. The molecule has 1 aromatic heterocycles. The highest BCUT2D eigenvalue weighted by Gasteiger charge is 2.04. The molecule has 5 heteroatoms. The summed E-state index contributed by atoms with van der Waals surface area (Å²) in [6, 6.07) is 7.87. The van der Waals surface area contributed by atoms with Crippen molar-refractivity contribution in [3.8, 4) is 0 Å². The van der Waals surface area contributed by atoms with E-state index in [9.17, 15) is 0 Å². The van der Waals surface area contributed by atoms with Gasteiger partial charge < -0.3 is 5.21 Å². The lowest BCUT2D eigenvalue weighted by molar-refractivity contribution is 0.315. The zero-order valence-electron chi connectivity index (χ0n) is 8.42. The Bertz CT molecular complexity index is 476. The summed E-state index contributed by atoms with van der Waals surface area (Å²) in [4.78, 5) is 3.91. The third-order valence-corrected chi connectivity index (χ3v) is 2.72. The van der Waals surface area contributed by atoms with Gasteiger partial charge in [-0.1, -0.05) is 33.2 Å². The summed E-state index contributed by atoms with van der Waals surface area (Å²) in [5.74, 6) is 0.542. The molecule has 0 radical (unpaired) electrons. The number of nitrogens with zero attached hydrogens (tertiary/aromatic N) is 3. The first-order chi connectivity index (χ1) is 7.79. The van der Waals surface area contributed by atoms with E-state index in [4.69, 9.17) is 5.21 Å². The van der Waals surface area contributed by atoms with Crippen LogP contribution in [0.4, 0.5) is 0 Å². The summed E-state index contributed by atoms with van der Waals surface area (Å²) in [7, 11) is 0. The maximum atomic E-state index is 8.94. The fourth-order valence-electron chi connectivity index (χ4n) is 1.37. The lowest BCUT2D eigenvalue weighted by Gasteiger charge is -2.05. The molecule has 1 aromatic carbocycles. The van der Waals surface area contributed by atoms with Crippen molar-refractivity contribution in [2.75, 3.05) is 0 Å². The number of aromatic nitrogens is 2. The molecule has 82 valence electrons. The molecule has 0 aliphatic rings. The van der Waals surface area contributed by atoms with E-state index in [0.717, 1.165) is 10.0 Å². The number of halogens is 1. The molecule has 0 amide bonds. The molecule has 0 unspecified atom stereocenters. The van der Waals surface area contributed by atoms with Crippen LogP contribution >= 0.6 is 15.9 Å². The van der Waals surface area contributed by atoms with Crippen molar-refractivity contribution in [2.45, 2.75) is 6.42 Å². The number of rotatable bonds is 2. The van der Waals surface area contributed by atoms with Gasteiger partial charge in [0.2, 0.25) is 0 Å². The molecule has 2 aromatic rings. The Kier molecular flexibility index (Phi) is 3.36. The van der Waals surface area contributed by atoms with Gasteiger partial charge in [-0.15, -0.1) is 0 Å². The topological polar surface area (TPSA) is 50.4 Å². The zero-order chi connectivity index (χ0) is 11.4. The molecule has 16 heavy (non-hydrogen) atoms. The van der Waals surface area contributed by atoms with Crippen molar-refractivity contribution in [3.63, 3.8) is 0 Å². The van der Waals surface area contributed by atoms with Gasteiger partial charge in [0, 0.05) is 23.3 Å². The maximum absolute atomic E-state index is 8.94. The van der Waals surface area contributed by atoms with Crippen LogP contribution in [0.15, 0.2) is 52.6 Å². The summed E-state index contributed by atoms with van der Waals surface area (Å²) >= 11 is 3.37. The van der Waals surface area contributed by atoms with Crippen molar-refractivity contribution in [1.29, 1.82) is 0 Å². The van der Waals surface area contributed by atoms with E-state index in [1.54, 1.807) is 23.3 Å². The molecule has 2 rings (SSSR count). The van der Waals surface area contributed by atoms with Crippen LogP contribution in [-0.2, 0) is 6.42 Å². The second kappa shape index (κ2) is 4.94. The molecule has 4 nitrogen and oxygen atoms in total. The lowest BCUT2D eigenvalue weighted by Crippen LogP contribution is -2.13. The smallest absolute Gasteiger partial charge is 0.158 e. The van der Waals surface area contributed by atoms with E-state index in [0.29, 0.717) is 12.3 Å². The molecule has 0 bridgehead atoms. The zero-order valence-corrected chi connectivity index (χ0v) is 10.0. The largest absolute Gasteiger partial charge is 0.409 e. The average molecular weight is 280 g/mol. The summed E-state index contributed by atoms with van der Waals surface area (Å²) in [6.07, 6.45) is 5.55. The summed E-state index contributed by atoms with van der Waals surface area (Å²) in [5.41, 5.74) is 1.07. The Hall–Kier alpha value is -1.62. The van der Waals surface area contributed by atoms with Crippen molar-refractivity contribution >= 4 is 21.8 Å². The highest BCUT2D eigenvalue weighted by molar-refractivity contribution is 9.10. The van der Waals surface area contributed by atoms with E-state index in [-0.39, 0.29) is 0 Å². The molecule has 0 saturated heterocycles. The van der Waals surface area contributed by atoms with E-state index >= 15 is 0 Å². The first-order valence-electron chi connectivity index (χ1n) is 4.73. The summed E-state index contributed by atoms with van der Waals surface area (Å²) in [6.45, 7) is 0. The minimum Gasteiger partial charge on any atom is -0.409 e. The van der Waals surface area contributed by atoms with Gasteiger partial charge in [-0.05, 0) is 17.7 Å². The molecular weight excluding hydrogens is 270 g/mol. The molecule has 0 aliphatic heterocycles. The molecular formula is C11H10BrN3O. The third-order valence-electron chi connectivity index (χ3n) is 2.19. The number of hydrogen-bond acceptors (Lipinski definition) is 3. The van der Waals surface area contributed by atoms with Crippen LogP contribution in [0.1, 0.15) is 5.56 Å². The Morgan fingerprint density at radius 1 is 1.38 bits per heavy atom. The molecule has 0 aliphatic carbocycles. The number of hydrogen-bond donors (Lipinski definition) is 1. The molecule has 0 fully saturated rings. The highest BCUT2D eigenvalue weighted by atomic mass is 79.9. The van der Waals surface area contributed by atoms with Gasteiger partial charge in [0.05, 0.1) is 0 Å². The average Bonchev–Trinajstić information content (AvgIpc) is 2.82. The summed E-state index contributed by atoms with van der Waals surface area (Å²) in [5, 5.41) is 12.2. The first kappa shape index (κ1) is 10.9. The van der Waals surface area contributed by atoms with Crippen LogP contribution in [0.3, 0.4) is 0 Å². The third kappa shape index (κ3) is 2.49. The van der Waals surface area contributed by atoms with Gasteiger partial charge in [0.25, 0.3) is 0 Å². The van der Waals surface area contributed by atoms with E-state index in [2.05, 4.69) is 26.1 Å². The Balaban J connectivity index is 2.17. The monoisotopic (exact) mass is 279 g/mol. The van der Waals surface area contributed by atoms with Crippen LogP contribution in [0.5, 0.6) is 0 Å². The van der Waals surface area contributed by atoms with Crippen LogP contribution in [0.2, 0.25) is 0 Å². The fourth-order valence-corrected chi connectivity index (χ4v) is 1.64. The van der Waals surface area contributed by atoms with Gasteiger partial charge in [-0.3, -0.25) is 4.57 Å². The van der Waals surface area contributed by atoms with Gasteiger partial charge in [0.15, 0.2) is 5.84 Å². The number of imidazole rings is 1. The van der Waals surface area contributed by atoms with Crippen molar-refractivity contribution in [3.05, 3.63) is 53.0 Å². The molecule has 0 saturated carbocycles. The maximum Gasteiger partial charge on any atom is 0.158 e. The molecule has 1 N–H and O–H groups in total. The molecule has 0 atom stereocenters. The van der Waals surface area contributed by atoms with Gasteiger partial charge >= 0.3 is 0 Å². The van der Waals surface area contributed by atoms with Crippen molar-refractivity contribution in [1.82, 2.24) is 9.55 Å². The van der Waals surface area contributed by atoms with Gasteiger partial charge in [-0.2, -0.15) is 0 Å². The predicted octanol–water partition coefficient (Wildman–Crippen LogP) is 2.52. The van der Waals surface area contributed by atoms with E-state index < -0.39 is 0 Å². The van der Waals surface area contributed by atoms with Gasteiger partial charge in [0.1, 0.15) is 6.33 Å². The Labute approximate surface area is 101 Å². The van der Waals surface area contributed by atoms with Crippen LogP contribution in [-0.4, -0.2) is 20.6 Å². The lowest BCUT2D eigenvalue weighted by atomic mass is 10.1. The Morgan fingerprint density at radius 2 is 2.12 bits per heavy atom. The van der Waals surface area contributed by atoms with Gasteiger partial charge in [-0.25, -0.2) is 4.98 Å². The SMILES string of the molecule is ON=C(Cc1ccc(Br)cc1)n1ccnc1. The predicted molar refractivity (Wildman–Crippen MR) is 64.7 cm³/mol. The minimum absolute atomic E-state index is 0.542. The molecule has 0 spiro atoms. The molecule has 1 heterocycles. The van der Waals surface area contributed by atoms with E-state index in [1.807, 2.05) is 24.3 Å². The van der Waals surface area contributed by atoms with Crippen LogP contribution < -0.4 is 0 Å². The summed E-state index contributed by atoms with van der Waals surface area (Å²) < 4.78 is 2.71. The van der Waals surface area contributed by atoms with Crippen LogP contribution in [0.25, 0.3) is 0 Å². The first-order valence-corrected chi connectivity index (χ1v) is 5.52. The highest BCUT2D eigenvalue weighted by Crippen LogP contribution is 2.11. The van der Waals surface area contributed by atoms with Crippen molar-refractivity contribution in [2.24, 2.45) is 5.16 Å². The van der Waals surface area contributed by atoms with Crippen LogP contribution in [0, 0.1) is 0 Å². The second-order valence-electron chi connectivity index (χ2n) is 3.29. The normalized spacial score (nSPS) is 11.7.